The average molecular weight is 488 g/mol. The second-order valence-electron chi connectivity index (χ2n) is 7.74. The van der Waals surface area contributed by atoms with E-state index >= 15 is 0 Å². The number of aliphatic hydroxyl groups excluding tert-OH is 1. The standard InChI is InChI=1S/C26H21N3O5S/c1-3-34-17-6-4-15(5-7-17)22-21(23(30)16-10-12-27-13-11-16)24(31)25(32)29(22)26-28-19-9-8-18(33-2)14-20(19)35-26/h4-14,22,30H,3H2,1-2H3/b23-21+. The Balaban J connectivity index is 1.69. The molecule has 0 bridgehead atoms. The summed E-state index contributed by atoms with van der Waals surface area (Å²) in [6.45, 7) is 2.40. The molecule has 0 saturated carbocycles. The van der Waals surface area contributed by atoms with Crippen LogP contribution in [-0.2, 0) is 9.59 Å². The van der Waals surface area contributed by atoms with Crippen molar-refractivity contribution in [1.29, 1.82) is 0 Å². The first kappa shape index (κ1) is 22.5. The van der Waals surface area contributed by atoms with E-state index in [4.69, 9.17) is 9.47 Å². The molecule has 0 radical (unpaired) electrons. The fourth-order valence-corrected chi connectivity index (χ4v) is 5.07. The number of nitrogens with zero attached hydrogens (tertiary/aromatic N) is 3. The van der Waals surface area contributed by atoms with Gasteiger partial charge >= 0.3 is 5.91 Å². The maximum Gasteiger partial charge on any atom is 0.301 e. The number of hydrogen-bond donors (Lipinski definition) is 1. The zero-order valence-electron chi connectivity index (χ0n) is 19.0. The lowest BCUT2D eigenvalue weighted by Crippen LogP contribution is -2.29. The minimum Gasteiger partial charge on any atom is -0.507 e. The van der Waals surface area contributed by atoms with Crippen LogP contribution < -0.4 is 14.4 Å². The van der Waals surface area contributed by atoms with Crippen LogP contribution in [-0.4, -0.2) is 40.5 Å². The van der Waals surface area contributed by atoms with Gasteiger partial charge in [-0.25, -0.2) is 4.98 Å². The Hall–Kier alpha value is -4.24. The molecular weight excluding hydrogens is 466 g/mol. The number of aliphatic hydroxyl groups is 1. The molecule has 1 atom stereocenters. The zero-order chi connectivity index (χ0) is 24.5. The summed E-state index contributed by atoms with van der Waals surface area (Å²) in [5.74, 6) is -0.486. The van der Waals surface area contributed by atoms with Gasteiger partial charge in [0, 0.05) is 18.0 Å². The normalized spacial score (nSPS) is 17.2. The van der Waals surface area contributed by atoms with E-state index in [9.17, 15) is 14.7 Å². The van der Waals surface area contributed by atoms with Crippen LogP contribution in [0.5, 0.6) is 11.5 Å². The van der Waals surface area contributed by atoms with E-state index in [0.717, 1.165) is 4.70 Å². The van der Waals surface area contributed by atoms with Crippen LogP contribution in [0, 0.1) is 0 Å². The van der Waals surface area contributed by atoms with Crippen LogP contribution in [0.2, 0.25) is 0 Å². The molecule has 2 aromatic carbocycles. The third-order valence-electron chi connectivity index (χ3n) is 5.70. The molecule has 2 aromatic heterocycles. The summed E-state index contributed by atoms with van der Waals surface area (Å²) in [5.41, 5.74) is 1.69. The van der Waals surface area contributed by atoms with E-state index < -0.39 is 17.7 Å². The lowest BCUT2D eigenvalue weighted by atomic mass is 9.95. The summed E-state index contributed by atoms with van der Waals surface area (Å²) in [7, 11) is 1.58. The number of methoxy groups -OCH3 is 1. The van der Waals surface area contributed by atoms with Crippen molar-refractivity contribution in [2.75, 3.05) is 18.6 Å². The Morgan fingerprint density at radius 3 is 2.46 bits per heavy atom. The lowest BCUT2D eigenvalue weighted by Gasteiger charge is -2.23. The summed E-state index contributed by atoms with van der Waals surface area (Å²) in [6, 6.07) is 14.8. The Morgan fingerprint density at radius 1 is 1.06 bits per heavy atom. The lowest BCUT2D eigenvalue weighted by molar-refractivity contribution is -0.132. The van der Waals surface area contributed by atoms with Crippen molar-refractivity contribution in [2.45, 2.75) is 13.0 Å². The molecule has 1 aliphatic rings. The molecule has 5 rings (SSSR count). The predicted molar refractivity (Wildman–Crippen MR) is 133 cm³/mol. The van der Waals surface area contributed by atoms with Gasteiger partial charge in [-0.1, -0.05) is 23.5 Å². The molecule has 4 aromatic rings. The van der Waals surface area contributed by atoms with Crippen molar-refractivity contribution in [3.8, 4) is 11.5 Å². The number of aromatic nitrogens is 2. The predicted octanol–water partition coefficient (Wildman–Crippen LogP) is 4.72. The van der Waals surface area contributed by atoms with E-state index in [2.05, 4.69) is 9.97 Å². The van der Waals surface area contributed by atoms with E-state index in [1.54, 1.807) is 55.6 Å². The van der Waals surface area contributed by atoms with E-state index in [1.165, 1.54) is 28.6 Å². The first-order valence-corrected chi connectivity index (χ1v) is 11.7. The number of ether oxygens (including phenoxy) is 2. The number of Topliss-reactive ketones (excluding diaryl/α,β-unsaturated/α-hetero) is 1. The van der Waals surface area contributed by atoms with E-state index in [0.29, 0.717) is 39.9 Å². The summed E-state index contributed by atoms with van der Waals surface area (Å²) in [4.78, 5) is 36.6. The van der Waals surface area contributed by atoms with Gasteiger partial charge in [-0.2, -0.15) is 0 Å². The molecule has 3 heterocycles. The molecular formula is C26H21N3O5S. The highest BCUT2D eigenvalue weighted by atomic mass is 32.1. The van der Waals surface area contributed by atoms with Gasteiger partial charge in [0.1, 0.15) is 17.3 Å². The molecule has 1 aliphatic heterocycles. The molecule has 1 saturated heterocycles. The van der Waals surface area contributed by atoms with Gasteiger partial charge in [0.15, 0.2) is 5.13 Å². The molecule has 9 heteroatoms. The van der Waals surface area contributed by atoms with Crippen molar-refractivity contribution in [3.05, 3.63) is 83.7 Å². The van der Waals surface area contributed by atoms with Gasteiger partial charge in [-0.3, -0.25) is 19.5 Å². The number of carbonyl (C=O) groups excluding carboxylic acids is 2. The fraction of sp³-hybridized carbons (Fsp3) is 0.154. The van der Waals surface area contributed by atoms with Gasteiger partial charge in [0.2, 0.25) is 0 Å². The van der Waals surface area contributed by atoms with E-state index in [1.807, 2.05) is 13.0 Å². The van der Waals surface area contributed by atoms with Crippen molar-refractivity contribution < 1.29 is 24.2 Å². The van der Waals surface area contributed by atoms with Crippen LogP contribution in [0.4, 0.5) is 5.13 Å². The highest BCUT2D eigenvalue weighted by Gasteiger charge is 2.48. The Bertz CT molecular complexity index is 1450. The van der Waals surface area contributed by atoms with E-state index in [-0.39, 0.29) is 11.3 Å². The third-order valence-corrected chi connectivity index (χ3v) is 6.71. The molecule has 1 N–H and O–H groups in total. The average Bonchev–Trinajstić information content (AvgIpc) is 3.42. The number of thiazole rings is 1. The maximum absolute atomic E-state index is 13.3. The number of carbonyl (C=O) groups is 2. The molecule has 0 aliphatic carbocycles. The van der Waals surface area contributed by atoms with Crippen LogP contribution in [0.15, 0.2) is 72.6 Å². The number of fused-ring (bicyclic) bond motifs is 1. The summed E-state index contributed by atoms with van der Waals surface area (Å²) < 4.78 is 11.7. The summed E-state index contributed by atoms with van der Waals surface area (Å²) >= 11 is 1.27. The maximum atomic E-state index is 13.3. The molecule has 176 valence electrons. The Morgan fingerprint density at radius 2 is 1.77 bits per heavy atom. The topological polar surface area (TPSA) is 102 Å². The monoisotopic (exact) mass is 487 g/mol. The van der Waals surface area contributed by atoms with Crippen molar-refractivity contribution in [2.24, 2.45) is 0 Å². The molecule has 8 nitrogen and oxygen atoms in total. The molecule has 1 fully saturated rings. The molecule has 35 heavy (non-hydrogen) atoms. The minimum absolute atomic E-state index is 0.0119. The second-order valence-corrected chi connectivity index (χ2v) is 8.75. The van der Waals surface area contributed by atoms with Gasteiger partial charge < -0.3 is 14.6 Å². The van der Waals surface area contributed by atoms with Crippen LogP contribution in [0.1, 0.15) is 24.1 Å². The van der Waals surface area contributed by atoms with Crippen molar-refractivity contribution in [3.63, 3.8) is 0 Å². The first-order valence-electron chi connectivity index (χ1n) is 10.9. The minimum atomic E-state index is -0.874. The quantitative estimate of drug-likeness (QED) is 0.238. The highest BCUT2D eigenvalue weighted by molar-refractivity contribution is 7.22. The van der Waals surface area contributed by atoms with Crippen molar-refractivity contribution in [1.82, 2.24) is 9.97 Å². The summed E-state index contributed by atoms with van der Waals surface area (Å²) in [5, 5.41) is 11.5. The fourth-order valence-electron chi connectivity index (χ4n) is 4.05. The number of benzene rings is 2. The highest BCUT2D eigenvalue weighted by Crippen LogP contribution is 2.44. The van der Waals surface area contributed by atoms with Gasteiger partial charge in [0.05, 0.1) is 35.5 Å². The smallest absolute Gasteiger partial charge is 0.301 e. The third kappa shape index (κ3) is 4.00. The summed E-state index contributed by atoms with van der Waals surface area (Å²) in [6.07, 6.45) is 3.02. The largest absolute Gasteiger partial charge is 0.507 e. The molecule has 1 amide bonds. The number of anilines is 1. The molecule has 0 spiro atoms. The second kappa shape index (κ2) is 9.19. The number of ketones is 1. The van der Waals surface area contributed by atoms with Crippen LogP contribution in [0.3, 0.4) is 0 Å². The SMILES string of the molecule is CCOc1ccc(C2/C(=C(\O)c3ccncc3)C(=O)C(=O)N2c2nc3ccc(OC)cc3s2)cc1. The number of hydrogen-bond acceptors (Lipinski definition) is 8. The number of pyridine rings is 1. The van der Waals surface area contributed by atoms with Gasteiger partial charge in [-0.05, 0) is 55.0 Å². The number of amides is 1. The van der Waals surface area contributed by atoms with Crippen LogP contribution in [0.25, 0.3) is 16.0 Å². The van der Waals surface area contributed by atoms with Gasteiger partial charge in [0.25, 0.3) is 5.78 Å². The Labute approximate surface area is 205 Å². The first-order chi connectivity index (χ1) is 17.0. The molecule has 1 unspecified atom stereocenters. The van der Waals surface area contributed by atoms with Crippen LogP contribution >= 0.6 is 11.3 Å². The Kier molecular flexibility index (Phi) is 5.92. The zero-order valence-corrected chi connectivity index (χ0v) is 19.8. The van der Waals surface area contributed by atoms with Crippen molar-refractivity contribution >= 4 is 44.1 Å². The van der Waals surface area contributed by atoms with Gasteiger partial charge in [-0.15, -0.1) is 0 Å². The number of rotatable bonds is 6.